The van der Waals surface area contributed by atoms with E-state index in [4.69, 9.17) is 4.74 Å². The van der Waals surface area contributed by atoms with Crippen LogP contribution in [0.5, 0.6) is 5.75 Å². The van der Waals surface area contributed by atoms with Crippen LogP contribution in [0.25, 0.3) is 10.2 Å². The number of Topliss-reactive ketones (excluding diaryl/α,β-unsaturated/α-hetero) is 2. The number of carbonyl (C=O) groups is 2. The summed E-state index contributed by atoms with van der Waals surface area (Å²) >= 11 is 1.33. The van der Waals surface area contributed by atoms with Crippen molar-refractivity contribution < 1.29 is 14.3 Å². The van der Waals surface area contributed by atoms with E-state index in [1.165, 1.54) is 25.2 Å². The molecule has 0 amide bonds. The van der Waals surface area contributed by atoms with Crippen LogP contribution < -0.4 is 4.74 Å². The summed E-state index contributed by atoms with van der Waals surface area (Å²) < 4.78 is 6.33. The zero-order chi connectivity index (χ0) is 15.4. The summed E-state index contributed by atoms with van der Waals surface area (Å²) in [5, 5.41) is 8.11. The highest BCUT2D eigenvalue weighted by Crippen LogP contribution is 2.31. The fraction of sp³-hybridized carbons (Fsp3) is 0.357. The van der Waals surface area contributed by atoms with Crippen LogP contribution in [0.1, 0.15) is 20.8 Å². The monoisotopic (exact) mass is 305 g/mol. The number of hydrogen-bond acceptors (Lipinski definition) is 7. The van der Waals surface area contributed by atoms with Crippen molar-refractivity contribution >= 4 is 38.3 Å². The van der Waals surface area contributed by atoms with Crippen LogP contribution in [0, 0.1) is 0 Å². The molecule has 0 aliphatic rings. The molecule has 0 unspecified atom stereocenters. The van der Waals surface area contributed by atoms with Gasteiger partial charge in [0.15, 0.2) is 17.6 Å². The first-order chi connectivity index (χ1) is 10.0. The second kappa shape index (κ2) is 6.53. The lowest BCUT2D eigenvalue weighted by molar-refractivity contribution is -0.126. The Morgan fingerprint density at radius 2 is 2.05 bits per heavy atom. The molecule has 0 fully saturated rings. The number of fused-ring (bicyclic) bond motifs is 1. The SMILES string of the molecule is CCOc1ccc2nc(N=NC(C(C)=O)C(C)=O)sc2c1. The Bertz CT molecular complexity index is 695. The van der Waals surface area contributed by atoms with Gasteiger partial charge in [-0.2, -0.15) is 5.11 Å². The third-order valence-electron chi connectivity index (χ3n) is 2.69. The van der Waals surface area contributed by atoms with Gasteiger partial charge < -0.3 is 4.74 Å². The number of azo groups is 1. The topological polar surface area (TPSA) is 81.0 Å². The van der Waals surface area contributed by atoms with Crippen molar-refractivity contribution in [3.8, 4) is 5.75 Å². The molecule has 0 spiro atoms. The molecule has 7 heteroatoms. The summed E-state index contributed by atoms with van der Waals surface area (Å²) in [5.41, 5.74) is 0.777. The molecule has 2 aromatic rings. The molecular weight excluding hydrogens is 290 g/mol. The molecule has 0 aliphatic carbocycles. The number of carbonyl (C=O) groups excluding carboxylic acids is 2. The largest absolute Gasteiger partial charge is 0.494 e. The first kappa shape index (κ1) is 15.2. The van der Waals surface area contributed by atoms with Crippen molar-refractivity contribution in [2.45, 2.75) is 26.8 Å². The van der Waals surface area contributed by atoms with Crippen LogP contribution in [0.3, 0.4) is 0 Å². The average molecular weight is 305 g/mol. The second-order valence-corrected chi connectivity index (χ2v) is 5.41. The number of thiazole rings is 1. The Labute approximate surface area is 125 Å². The normalized spacial score (nSPS) is 11.4. The molecule has 6 nitrogen and oxygen atoms in total. The van der Waals surface area contributed by atoms with Gasteiger partial charge >= 0.3 is 0 Å². The molecule has 0 aliphatic heterocycles. The Kier molecular flexibility index (Phi) is 4.74. The molecule has 0 radical (unpaired) electrons. The highest BCUT2D eigenvalue weighted by Gasteiger charge is 2.18. The van der Waals surface area contributed by atoms with Gasteiger partial charge in [-0.3, -0.25) is 9.59 Å². The standard InChI is InChI=1S/C14H15N3O3S/c1-4-20-10-5-6-11-12(7-10)21-14(15-11)17-16-13(8(2)18)9(3)19/h5-7,13H,4H2,1-3H3. The lowest BCUT2D eigenvalue weighted by Crippen LogP contribution is -2.23. The molecule has 2 rings (SSSR count). The molecule has 21 heavy (non-hydrogen) atoms. The predicted octanol–water partition coefficient (Wildman–Crippen LogP) is 3.33. The summed E-state index contributed by atoms with van der Waals surface area (Å²) in [6.07, 6.45) is 0. The Morgan fingerprint density at radius 1 is 1.33 bits per heavy atom. The molecule has 0 N–H and O–H groups in total. The minimum atomic E-state index is -1.05. The lowest BCUT2D eigenvalue weighted by atomic mass is 10.1. The molecule has 1 aromatic carbocycles. The third kappa shape index (κ3) is 3.69. The van der Waals surface area contributed by atoms with Crippen LogP contribution >= 0.6 is 11.3 Å². The van der Waals surface area contributed by atoms with Crippen molar-refractivity contribution in [3.63, 3.8) is 0 Å². The first-order valence-corrected chi connectivity index (χ1v) is 7.28. The minimum Gasteiger partial charge on any atom is -0.494 e. The number of benzene rings is 1. The van der Waals surface area contributed by atoms with E-state index in [0.717, 1.165) is 16.0 Å². The molecular formula is C14H15N3O3S. The first-order valence-electron chi connectivity index (χ1n) is 6.46. The Morgan fingerprint density at radius 3 is 2.67 bits per heavy atom. The van der Waals surface area contributed by atoms with E-state index in [-0.39, 0.29) is 11.6 Å². The van der Waals surface area contributed by atoms with Crippen LogP contribution in [0.2, 0.25) is 0 Å². The zero-order valence-corrected chi connectivity index (χ0v) is 12.8. The van der Waals surface area contributed by atoms with E-state index in [9.17, 15) is 9.59 Å². The third-order valence-corrected chi connectivity index (χ3v) is 3.59. The highest BCUT2D eigenvalue weighted by molar-refractivity contribution is 7.21. The van der Waals surface area contributed by atoms with Gasteiger partial charge in [0.2, 0.25) is 5.13 Å². The highest BCUT2D eigenvalue weighted by atomic mass is 32.1. The van der Waals surface area contributed by atoms with Crippen LogP contribution in [0.4, 0.5) is 5.13 Å². The smallest absolute Gasteiger partial charge is 0.230 e. The summed E-state index contributed by atoms with van der Waals surface area (Å²) in [6.45, 7) is 5.14. The van der Waals surface area contributed by atoms with Gasteiger partial charge in [0.1, 0.15) is 5.75 Å². The Balaban J connectivity index is 2.26. The summed E-state index contributed by atoms with van der Waals surface area (Å²) in [6, 6.07) is 4.50. The van der Waals surface area contributed by atoms with Crippen molar-refractivity contribution in [1.82, 2.24) is 4.98 Å². The van der Waals surface area contributed by atoms with E-state index in [2.05, 4.69) is 15.2 Å². The minimum absolute atomic E-state index is 0.328. The summed E-state index contributed by atoms with van der Waals surface area (Å²) in [5.74, 6) is 0.111. The molecule has 0 saturated heterocycles. The average Bonchev–Trinajstić information content (AvgIpc) is 2.80. The van der Waals surface area contributed by atoms with Crippen molar-refractivity contribution in [2.24, 2.45) is 10.2 Å². The van der Waals surface area contributed by atoms with Crippen molar-refractivity contribution in [2.75, 3.05) is 6.61 Å². The maximum absolute atomic E-state index is 11.3. The molecule has 0 saturated carbocycles. The number of ether oxygens (including phenoxy) is 1. The summed E-state index contributed by atoms with van der Waals surface area (Å²) in [7, 11) is 0. The lowest BCUT2D eigenvalue weighted by Gasteiger charge is -2.00. The van der Waals surface area contributed by atoms with Crippen LogP contribution in [-0.4, -0.2) is 29.2 Å². The predicted molar refractivity (Wildman–Crippen MR) is 80.5 cm³/mol. The quantitative estimate of drug-likeness (QED) is 0.605. The second-order valence-electron chi connectivity index (χ2n) is 4.40. The van der Waals surface area contributed by atoms with E-state index in [1.807, 2.05) is 25.1 Å². The zero-order valence-electron chi connectivity index (χ0n) is 12.0. The fourth-order valence-corrected chi connectivity index (χ4v) is 2.57. The van der Waals surface area contributed by atoms with Gasteiger partial charge in [0.25, 0.3) is 0 Å². The number of hydrogen-bond donors (Lipinski definition) is 0. The van der Waals surface area contributed by atoms with E-state index < -0.39 is 6.04 Å². The fourth-order valence-electron chi connectivity index (χ4n) is 1.75. The number of nitrogens with zero attached hydrogens (tertiary/aromatic N) is 3. The van der Waals surface area contributed by atoms with E-state index >= 15 is 0 Å². The van der Waals surface area contributed by atoms with Crippen LogP contribution in [0.15, 0.2) is 28.4 Å². The molecule has 0 atom stereocenters. The Hall–Kier alpha value is -2.15. The molecule has 110 valence electrons. The van der Waals surface area contributed by atoms with Crippen LogP contribution in [-0.2, 0) is 9.59 Å². The molecule has 1 heterocycles. The van der Waals surface area contributed by atoms with Gasteiger partial charge in [-0.1, -0.05) is 11.3 Å². The molecule has 1 aromatic heterocycles. The number of rotatable bonds is 6. The van der Waals surface area contributed by atoms with Gasteiger partial charge in [0.05, 0.1) is 16.8 Å². The maximum atomic E-state index is 11.3. The maximum Gasteiger partial charge on any atom is 0.230 e. The van der Waals surface area contributed by atoms with Gasteiger partial charge in [0, 0.05) is 0 Å². The van der Waals surface area contributed by atoms with E-state index in [0.29, 0.717) is 11.7 Å². The van der Waals surface area contributed by atoms with Gasteiger partial charge in [-0.25, -0.2) is 4.98 Å². The summed E-state index contributed by atoms with van der Waals surface area (Å²) in [4.78, 5) is 26.9. The van der Waals surface area contributed by atoms with Crippen molar-refractivity contribution in [1.29, 1.82) is 0 Å². The van der Waals surface area contributed by atoms with E-state index in [1.54, 1.807) is 0 Å². The van der Waals surface area contributed by atoms with Gasteiger partial charge in [-0.15, -0.1) is 5.11 Å². The van der Waals surface area contributed by atoms with Crippen molar-refractivity contribution in [3.05, 3.63) is 18.2 Å². The van der Waals surface area contributed by atoms with Gasteiger partial charge in [-0.05, 0) is 39.0 Å². The number of ketones is 2. The number of aromatic nitrogens is 1. The molecule has 0 bridgehead atoms.